The van der Waals surface area contributed by atoms with Gasteiger partial charge in [-0.25, -0.2) is 4.98 Å². The summed E-state index contributed by atoms with van der Waals surface area (Å²) in [6, 6.07) is 0. The number of imidazole rings is 1. The Morgan fingerprint density at radius 3 is 3.00 bits per heavy atom. The van der Waals surface area contributed by atoms with E-state index in [0.29, 0.717) is 0 Å². The summed E-state index contributed by atoms with van der Waals surface area (Å²) in [5, 5.41) is 3.37. The van der Waals surface area contributed by atoms with Crippen LogP contribution in [0.3, 0.4) is 0 Å². The number of hydrogen-bond donors (Lipinski definition) is 1. The van der Waals surface area contributed by atoms with Gasteiger partial charge in [0.25, 0.3) is 0 Å². The first kappa shape index (κ1) is 12.1. The summed E-state index contributed by atoms with van der Waals surface area (Å²) < 4.78 is 8.04. The van der Waals surface area contributed by atoms with Crippen molar-refractivity contribution in [3.8, 4) is 0 Å². The van der Waals surface area contributed by atoms with Crippen LogP contribution in [-0.2, 0) is 11.3 Å². The Balaban J connectivity index is 1.59. The summed E-state index contributed by atoms with van der Waals surface area (Å²) in [6.07, 6.45) is 6.75. The summed E-state index contributed by atoms with van der Waals surface area (Å²) in [6.45, 7) is 7.31. The van der Waals surface area contributed by atoms with Crippen molar-refractivity contribution in [2.75, 3.05) is 39.3 Å². The minimum atomic E-state index is 0.167. The van der Waals surface area contributed by atoms with Crippen LogP contribution in [0.25, 0.3) is 0 Å². The van der Waals surface area contributed by atoms with Crippen molar-refractivity contribution < 1.29 is 4.74 Å². The number of nitrogens with zero attached hydrogens (tertiary/aromatic N) is 3. The van der Waals surface area contributed by atoms with E-state index < -0.39 is 0 Å². The molecule has 2 fully saturated rings. The van der Waals surface area contributed by atoms with Crippen LogP contribution in [0.5, 0.6) is 0 Å². The number of morpholine rings is 1. The van der Waals surface area contributed by atoms with Crippen molar-refractivity contribution in [1.29, 1.82) is 0 Å². The largest absolute Gasteiger partial charge is 0.369 e. The van der Waals surface area contributed by atoms with E-state index in [2.05, 4.69) is 19.8 Å². The summed E-state index contributed by atoms with van der Waals surface area (Å²) in [4.78, 5) is 6.81. The number of rotatable bonds is 4. The van der Waals surface area contributed by atoms with Crippen LogP contribution in [0, 0.1) is 0 Å². The lowest BCUT2D eigenvalue weighted by Gasteiger charge is -2.25. The van der Waals surface area contributed by atoms with Crippen molar-refractivity contribution in [2.45, 2.75) is 25.5 Å². The molecule has 0 radical (unpaired) electrons. The molecule has 100 valence electrons. The molecule has 0 aliphatic carbocycles. The zero-order chi connectivity index (χ0) is 12.2. The first-order valence-corrected chi connectivity index (χ1v) is 6.98. The van der Waals surface area contributed by atoms with Gasteiger partial charge in [-0.05, 0) is 25.9 Å². The Bertz CT molecular complexity index is 367. The third-order valence-corrected chi connectivity index (χ3v) is 3.86. The SMILES string of the molecule is c1ncn(CCN2CCCC2)c1C1CNCCO1. The number of aromatic nitrogens is 2. The normalized spacial score (nSPS) is 25.7. The van der Waals surface area contributed by atoms with Crippen LogP contribution in [-0.4, -0.2) is 53.8 Å². The number of hydrogen-bond acceptors (Lipinski definition) is 4. The van der Waals surface area contributed by atoms with E-state index in [9.17, 15) is 0 Å². The Kier molecular flexibility index (Phi) is 3.93. The number of ether oxygens (including phenoxy) is 1. The van der Waals surface area contributed by atoms with Crippen molar-refractivity contribution in [1.82, 2.24) is 19.8 Å². The van der Waals surface area contributed by atoms with Gasteiger partial charge in [-0.1, -0.05) is 0 Å². The maximum absolute atomic E-state index is 5.80. The second-order valence-corrected chi connectivity index (χ2v) is 5.12. The van der Waals surface area contributed by atoms with Gasteiger partial charge in [0.1, 0.15) is 6.10 Å². The van der Waals surface area contributed by atoms with Crippen molar-refractivity contribution >= 4 is 0 Å². The lowest BCUT2D eigenvalue weighted by atomic mass is 10.2. The molecule has 0 spiro atoms. The van der Waals surface area contributed by atoms with Crippen molar-refractivity contribution in [2.24, 2.45) is 0 Å². The van der Waals surface area contributed by atoms with Gasteiger partial charge < -0.3 is 19.5 Å². The smallest absolute Gasteiger partial charge is 0.111 e. The Morgan fingerprint density at radius 1 is 1.33 bits per heavy atom. The van der Waals surface area contributed by atoms with E-state index in [-0.39, 0.29) is 6.10 Å². The highest BCUT2D eigenvalue weighted by molar-refractivity contribution is 5.04. The molecule has 2 aliphatic heterocycles. The Hall–Kier alpha value is -0.910. The third-order valence-electron chi connectivity index (χ3n) is 3.86. The lowest BCUT2D eigenvalue weighted by molar-refractivity contribution is 0.0226. The summed E-state index contributed by atoms with van der Waals surface area (Å²) in [5.74, 6) is 0. The average Bonchev–Trinajstić information content (AvgIpc) is 3.09. The highest BCUT2D eigenvalue weighted by Crippen LogP contribution is 2.18. The predicted octanol–water partition coefficient (Wildman–Crippen LogP) is 0.640. The topological polar surface area (TPSA) is 42.3 Å². The second-order valence-electron chi connectivity index (χ2n) is 5.12. The fraction of sp³-hybridized carbons (Fsp3) is 0.769. The van der Waals surface area contributed by atoms with Gasteiger partial charge in [0.15, 0.2) is 0 Å². The van der Waals surface area contributed by atoms with Crippen LogP contribution in [0.15, 0.2) is 12.5 Å². The molecular formula is C13H22N4O. The minimum absolute atomic E-state index is 0.167. The molecule has 1 N–H and O–H groups in total. The monoisotopic (exact) mass is 250 g/mol. The average molecular weight is 250 g/mol. The highest BCUT2D eigenvalue weighted by atomic mass is 16.5. The third kappa shape index (κ3) is 2.74. The zero-order valence-electron chi connectivity index (χ0n) is 10.8. The molecule has 0 bridgehead atoms. The molecule has 5 nitrogen and oxygen atoms in total. The van der Waals surface area contributed by atoms with Crippen LogP contribution in [0.2, 0.25) is 0 Å². The summed E-state index contributed by atoms with van der Waals surface area (Å²) in [7, 11) is 0. The minimum Gasteiger partial charge on any atom is -0.369 e. The van der Waals surface area contributed by atoms with E-state index in [1.165, 1.54) is 31.6 Å². The van der Waals surface area contributed by atoms with E-state index >= 15 is 0 Å². The molecule has 3 heterocycles. The van der Waals surface area contributed by atoms with E-state index in [1.807, 2.05) is 12.5 Å². The van der Waals surface area contributed by atoms with E-state index in [4.69, 9.17) is 4.74 Å². The van der Waals surface area contributed by atoms with Gasteiger partial charge >= 0.3 is 0 Å². The van der Waals surface area contributed by atoms with Crippen LogP contribution < -0.4 is 5.32 Å². The molecular weight excluding hydrogens is 228 g/mol. The van der Waals surface area contributed by atoms with Crippen LogP contribution in [0.1, 0.15) is 24.6 Å². The van der Waals surface area contributed by atoms with E-state index in [0.717, 1.165) is 32.8 Å². The van der Waals surface area contributed by atoms with E-state index in [1.54, 1.807) is 0 Å². The van der Waals surface area contributed by atoms with Gasteiger partial charge in [-0.3, -0.25) is 0 Å². The molecule has 2 aliphatic rings. The second kappa shape index (κ2) is 5.82. The zero-order valence-corrected chi connectivity index (χ0v) is 10.8. The standard InChI is InChI=1S/C13H22N4O/c1-2-5-16(4-1)6-7-17-11-15-9-12(17)13-10-14-3-8-18-13/h9,11,13-14H,1-8,10H2. The molecule has 1 aromatic rings. The Morgan fingerprint density at radius 2 is 2.22 bits per heavy atom. The number of nitrogens with one attached hydrogen (secondary N) is 1. The quantitative estimate of drug-likeness (QED) is 0.851. The van der Waals surface area contributed by atoms with Crippen LogP contribution in [0.4, 0.5) is 0 Å². The lowest BCUT2D eigenvalue weighted by Crippen LogP contribution is -2.34. The van der Waals surface area contributed by atoms with Gasteiger partial charge in [0, 0.05) is 26.2 Å². The van der Waals surface area contributed by atoms with Gasteiger partial charge in [-0.2, -0.15) is 0 Å². The maximum atomic E-state index is 5.80. The fourth-order valence-corrected chi connectivity index (χ4v) is 2.80. The van der Waals surface area contributed by atoms with Crippen LogP contribution >= 0.6 is 0 Å². The van der Waals surface area contributed by atoms with Gasteiger partial charge in [0.05, 0.1) is 24.8 Å². The first-order valence-electron chi connectivity index (χ1n) is 6.98. The molecule has 18 heavy (non-hydrogen) atoms. The predicted molar refractivity (Wildman–Crippen MR) is 69.5 cm³/mol. The molecule has 3 rings (SSSR count). The highest BCUT2D eigenvalue weighted by Gasteiger charge is 2.20. The van der Waals surface area contributed by atoms with Crippen molar-refractivity contribution in [3.63, 3.8) is 0 Å². The summed E-state index contributed by atoms with van der Waals surface area (Å²) in [5.41, 5.74) is 1.21. The van der Waals surface area contributed by atoms with Gasteiger partial charge in [0.2, 0.25) is 0 Å². The molecule has 0 amide bonds. The summed E-state index contributed by atoms with van der Waals surface area (Å²) >= 11 is 0. The molecule has 1 unspecified atom stereocenters. The first-order chi connectivity index (χ1) is 8.93. The maximum Gasteiger partial charge on any atom is 0.111 e. The molecule has 1 aromatic heterocycles. The number of likely N-dealkylation sites (tertiary alicyclic amines) is 1. The molecule has 1 atom stereocenters. The molecule has 0 aromatic carbocycles. The van der Waals surface area contributed by atoms with Crippen molar-refractivity contribution in [3.05, 3.63) is 18.2 Å². The molecule has 2 saturated heterocycles. The molecule has 5 heteroatoms. The van der Waals surface area contributed by atoms with Gasteiger partial charge in [-0.15, -0.1) is 0 Å². The fourth-order valence-electron chi connectivity index (χ4n) is 2.80. The Labute approximate surface area is 108 Å². The molecule has 0 saturated carbocycles.